The maximum absolute atomic E-state index is 12.2. The molecular formula is C16H18N2O4. The summed E-state index contributed by atoms with van der Waals surface area (Å²) >= 11 is 0. The molecule has 0 bridgehead atoms. The molecule has 3 N–H and O–H groups in total. The van der Waals surface area contributed by atoms with Gasteiger partial charge < -0.3 is 5.11 Å². The number of nitrogens with one attached hydrogen (secondary N) is 2. The minimum Gasteiger partial charge on any atom is -0.480 e. The van der Waals surface area contributed by atoms with E-state index in [9.17, 15) is 19.5 Å². The third kappa shape index (κ3) is 1.87. The summed E-state index contributed by atoms with van der Waals surface area (Å²) in [6.07, 6.45) is 0. The Bertz CT molecular complexity index is 699. The zero-order valence-corrected chi connectivity index (χ0v) is 12.6. The molecule has 2 fully saturated rings. The lowest BCUT2D eigenvalue weighted by Crippen LogP contribution is -2.52. The number of imide groups is 1. The lowest BCUT2D eigenvalue weighted by molar-refractivity contribution is -0.148. The highest BCUT2D eigenvalue weighted by molar-refractivity contribution is 6.09. The average Bonchev–Trinajstić information content (AvgIpc) is 2.91. The lowest BCUT2D eigenvalue weighted by Gasteiger charge is -2.25. The molecule has 116 valence electrons. The van der Waals surface area contributed by atoms with Crippen LogP contribution < -0.4 is 10.6 Å². The zero-order chi connectivity index (χ0) is 16.2. The number of amides is 2. The van der Waals surface area contributed by atoms with Crippen LogP contribution in [0.4, 0.5) is 0 Å². The summed E-state index contributed by atoms with van der Waals surface area (Å²) < 4.78 is 0. The highest BCUT2D eigenvalue weighted by atomic mass is 16.4. The van der Waals surface area contributed by atoms with E-state index in [4.69, 9.17) is 0 Å². The number of carboxylic acid groups (broad SMARTS) is 1. The molecule has 4 unspecified atom stereocenters. The molecule has 0 saturated carbocycles. The predicted molar refractivity (Wildman–Crippen MR) is 78.0 cm³/mol. The summed E-state index contributed by atoms with van der Waals surface area (Å²) in [5.74, 6) is -3.64. The van der Waals surface area contributed by atoms with Gasteiger partial charge in [-0.25, -0.2) is 0 Å². The minimum atomic E-state index is -1.46. The van der Waals surface area contributed by atoms with Crippen molar-refractivity contribution in [2.45, 2.75) is 32.4 Å². The maximum Gasteiger partial charge on any atom is 0.324 e. The molecule has 2 aliphatic rings. The van der Waals surface area contributed by atoms with Gasteiger partial charge in [-0.15, -0.1) is 0 Å². The number of hydrogen-bond donors (Lipinski definition) is 3. The first kappa shape index (κ1) is 14.7. The molecule has 0 spiro atoms. The molecule has 3 rings (SSSR count). The summed E-state index contributed by atoms with van der Waals surface area (Å²) in [4.78, 5) is 36.0. The number of carbonyl (C=O) groups is 3. The van der Waals surface area contributed by atoms with Gasteiger partial charge in [0.2, 0.25) is 11.8 Å². The second-order valence-electron chi connectivity index (χ2n) is 6.35. The third-order valence-corrected chi connectivity index (χ3v) is 4.84. The Hall–Kier alpha value is -2.21. The Kier molecular flexibility index (Phi) is 3.11. The molecule has 1 aromatic rings. The monoisotopic (exact) mass is 302 g/mol. The fraction of sp³-hybridized carbons (Fsp3) is 0.438. The average molecular weight is 302 g/mol. The largest absolute Gasteiger partial charge is 0.480 e. The molecule has 2 amide bonds. The molecular weight excluding hydrogens is 284 g/mol. The van der Waals surface area contributed by atoms with Crippen LogP contribution in [0.2, 0.25) is 0 Å². The summed E-state index contributed by atoms with van der Waals surface area (Å²) in [7, 11) is 0. The first-order valence-electron chi connectivity index (χ1n) is 7.18. The fourth-order valence-corrected chi connectivity index (χ4v) is 3.63. The number of aliphatic carboxylic acids is 1. The number of aryl methyl sites for hydroxylation is 2. The molecule has 0 aliphatic carbocycles. The van der Waals surface area contributed by atoms with Crippen molar-refractivity contribution in [3.63, 3.8) is 0 Å². The number of rotatable bonds is 2. The van der Waals surface area contributed by atoms with Gasteiger partial charge in [0.25, 0.3) is 0 Å². The van der Waals surface area contributed by atoms with Crippen molar-refractivity contribution in [1.29, 1.82) is 0 Å². The van der Waals surface area contributed by atoms with E-state index in [1.807, 2.05) is 32.0 Å². The fourth-order valence-electron chi connectivity index (χ4n) is 3.63. The standard InChI is InChI=1S/C16H18N2O4/c1-7-4-5-8(2)9(6-7)12-10-11(14(20)17-13(10)19)16(3,18-12)15(21)22/h4-6,10-12,18H,1-3H3,(H,21,22)(H,17,19,20). The van der Waals surface area contributed by atoms with Gasteiger partial charge in [-0.1, -0.05) is 23.8 Å². The second kappa shape index (κ2) is 4.64. The molecule has 2 saturated heterocycles. The van der Waals surface area contributed by atoms with Crippen LogP contribution in [0, 0.1) is 25.7 Å². The lowest BCUT2D eigenvalue weighted by atomic mass is 9.80. The Morgan fingerprint density at radius 1 is 1.23 bits per heavy atom. The molecule has 1 aromatic carbocycles. The van der Waals surface area contributed by atoms with Crippen molar-refractivity contribution in [2.24, 2.45) is 11.8 Å². The summed E-state index contributed by atoms with van der Waals surface area (Å²) in [5, 5.41) is 14.9. The number of carbonyl (C=O) groups excluding carboxylic acids is 2. The number of fused-ring (bicyclic) bond motifs is 1. The molecule has 2 aliphatic heterocycles. The number of hydrogen-bond acceptors (Lipinski definition) is 4. The molecule has 22 heavy (non-hydrogen) atoms. The van der Waals surface area contributed by atoms with Crippen LogP contribution in [0.3, 0.4) is 0 Å². The summed E-state index contributed by atoms with van der Waals surface area (Å²) in [6.45, 7) is 5.32. The van der Waals surface area contributed by atoms with Gasteiger partial charge in [0.15, 0.2) is 0 Å². The molecule has 0 aromatic heterocycles. The first-order valence-corrected chi connectivity index (χ1v) is 7.18. The zero-order valence-electron chi connectivity index (χ0n) is 12.6. The Labute approximate surface area is 127 Å². The maximum atomic E-state index is 12.2. The molecule has 4 atom stereocenters. The van der Waals surface area contributed by atoms with Crippen molar-refractivity contribution in [3.05, 3.63) is 34.9 Å². The van der Waals surface area contributed by atoms with Gasteiger partial charge in [-0.05, 0) is 31.9 Å². The predicted octanol–water partition coefficient (Wildman–Crippen LogP) is 0.680. The van der Waals surface area contributed by atoms with E-state index in [1.165, 1.54) is 6.92 Å². The van der Waals surface area contributed by atoms with E-state index in [2.05, 4.69) is 10.6 Å². The van der Waals surface area contributed by atoms with Gasteiger partial charge in [-0.2, -0.15) is 0 Å². The highest BCUT2D eigenvalue weighted by Crippen LogP contribution is 2.46. The molecule has 6 heteroatoms. The van der Waals surface area contributed by atoms with Crippen LogP contribution in [0.1, 0.15) is 29.7 Å². The van der Waals surface area contributed by atoms with Gasteiger partial charge in [0.05, 0.1) is 11.8 Å². The first-order chi connectivity index (χ1) is 10.3. The van der Waals surface area contributed by atoms with Crippen LogP contribution in [-0.4, -0.2) is 28.4 Å². The van der Waals surface area contributed by atoms with E-state index in [1.54, 1.807) is 0 Å². The third-order valence-electron chi connectivity index (χ3n) is 4.84. The van der Waals surface area contributed by atoms with E-state index in [0.29, 0.717) is 0 Å². The van der Waals surface area contributed by atoms with Crippen molar-refractivity contribution in [1.82, 2.24) is 10.6 Å². The van der Waals surface area contributed by atoms with Crippen molar-refractivity contribution in [2.75, 3.05) is 0 Å². The topological polar surface area (TPSA) is 95.5 Å². The van der Waals surface area contributed by atoms with Gasteiger partial charge in [0, 0.05) is 6.04 Å². The second-order valence-corrected chi connectivity index (χ2v) is 6.35. The summed E-state index contributed by atoms with van der Waals surface area (Å²) in [6, 6.07) is 5.35. The highest BCUT2D eigenvalue weighted by Gasteiger charge is 2.64. The van der Waals surface area contributed by atoms with Gasteiger partial charge in [-0.3, -0.25) is 25.0 Å². The van der Waals surface area contributed by atoms with Crippen LogP contribution in [0.25, 0.3) is 0 Å². The molecule has 6 nitrogen and oxygen atoms in total. The Balaban J connectivity index is 2.14. The van der Waals surface area contributed by atoms with Crippen molar-refractivity contribution < 1.29 is 19.5 Å². The van der Waals surface area contributed by atoms with Crippen LogP contribution in [0.5, 0.6) is 0 Å². The van der Waals surface area contributed by atoms with Crippen LogP contribution in [-0.2, 0) is 14.4 Å². The smallest absolute Gasteiger partial charge is 0.324 e. The normalized spacial score (nSPS) is 33.7. The van der Waals surface area contributed by atoms with E-state index in [0.717, 1.165) is 16.7 Å². The van der Waals surface area contributed by atoms with Crippen molar-refractivity contribution >= 4 is 17.8 Å². The van der Waals surface area contributed by atoms with Crippen LogP contribution >= 0.6 is 0 Å². The van der Waals surface area contributed by atoms with E-state index in [-0.39, 0.29) is 0 Å². The van der Waals surface area contributed by atoms with E-state index < -0.39 is 41.2 Å². The Morgan fingerprint density at radius 2 is 1.91 bits per heavy atom. The molecule has 2 heterocycles. The molecule has 0 radical (unpaired) electrons. The SMILES string of the molecule is Cc1ccc(C)c(C2NC(C)(C(=O)O)C3C(=O)NC(=O)C23)c1. The number of benzene rings is 1. The number of carboxylic acids is 1. The Morgan fingerprint density at radius 3 is 2.55 bits per heavy atom. The van der Waals surface area contributed by atoms with Crippen LogP contribution in [0.15, 0.2) is 18.2 Å². The van der Waals surface area contributed by atoms with E-state index >= 15 is 0 Å². The summed E-state index contributed by atoms with van der Waals surface area (Å²) in [5.41, 5.74) is 1.39. The minimum absolute atomic E-state index is 0.404. The quantitative estimate of drug-likeness (QED) is 0.698. The van der Waals surface area contributed by atoms with Crippen molar-refractivity contribution in [3.8, 4) is 0 Å². The van der Waals surface area contributed by atoms with Gasteiger partial charge >= 0.3 is 5.97 Å². The van der Waals surface area contributed by atoms with Gasteiger partial charge in [0.1, 0.15) is 5.54 Å².